The number of carbonyl (C=O) groups excluding carboxylic acids is 1. The first-order valence-corrected chi connectivity index (χ1v) is 10.0. The lowest BCUT2D eigenvalue weighted by Crippen LogP contribution is -2.30. The highest BCUT2D eigenvalue weighted by Crippen LogP contribution is 2.21. The number of aromatic nitrogens is 1. The van der Waals surface area contributed by atoms with Crippen molar-refractivity contribution in [3.05, 3.63) is 42.6 Å². The molecule has 0 atom stereocenters. The van der Waals surface area contributed by atoms with E-state index in [1.165, 1.54) is 31.7 Å². The summed E-state index contributed by atoms with van der Waals surface area (Å²) in [5, 5.41) is 2.60. The lowest BCUT2D eigenvalue weighted by molar-refractivity contribution is -0.114. The summed E-state index contributed by atoms with van der Waals surface area (Å²) < 4.78 is 27.5. The van der Waals surface area contributed by atoms with Gasteiger partial charge in [0, 0.05) is 25.7 Å². The number of sulfonamides is 1. The quantitative estimate of drug-likeness (QED) is 0.840. The summed E-state index contributed by atoms with van der Waals surface area (Å²) in [4.78, 5) is 17.7. The van der Waals surface area contributed by atoms with Crippen LogP contribution < -0.4 is 14.9 Å². The maximum absolute atomic E-state index is 12.5. The third kappa shape index (κ3) is 4.51. The van der Waals surface area contributed by atoms with Crippen molar-refractivity contribution in [2.24, 2.45) is 0 Å². The monoisotopic (exact) mass is 374 g/mol. The Morgan fingerprint density at radius 3 is 2.23 bits per heavy atom. The number of benzene rings is 1. The van der Waals surface area contributed by atoms with E-state index < -0.39 is 10.0 Å². The number of rotatable bonds is 5. The molecule has 0 unspecified atom stereocenters. The predicted octanol–water partition coefficient (Wildman–Crippen LogP) is 2.83. The summed E-state index contributed by atoms with van der Waals surface area (Å²) in [7, 11) is -3.71. The second-order valence-electron chi connectivity index (χ2n) is 6.26. The van der Waals surface area contributed by atoms with Crippen molar-refractivity contribution in [3.8, 4) is 0 Å². The molecule has 0 radical (unpaired) electrons. The van der Waals surface area contributed by atoms with Gasteiger partial charge in [0.15, 0.2) is 0 Å². The molecule has 26 heavy (non-hydrogen) atoms. The van der Waals surface area contributed by atoms with Crippen LogP contribution in [0.1, 0.15) is 26.2 Å². The van der Waals surface area contributed by atoms with Crippen LogP contribution in [0.4, 0.5) is 17.2 Å². The molecule has 1 fully saturated rings. The van der Waals surface area contributed by atoms with Gasteiger partial charge < -0.3 is 10.2 Å². The predicted molar refractivity (Wildman–Crippen MR) is 102 cm³/mol. The number of amides is 1. The Balaban J connectivity index is 1.69. The molecular formula is C18H22N4O3S. The zero-order chi connectivity index (χ0) is 18.6. The molecule has 3 rings (SSSR count). The van der Waals surface area contributed by atoms with Crippen molar-refractivity contribution >= 4 is 33.1 Å². The van der Waals surface area contributed by atoms with Crippen LogP contribution >= 0.6 is 0 Å². The summed E-state index contributed by atoms with van der Waals surface area (Å²) in [6.45, 7) is 3.37. The van der Waals surface area contributed by atoms with Gasteiger partial charge in [-0.25, -0.2) is 13.4 Å². The highest BCUT2D eigenvalue weighted by atomic mass is 32.2. The van der Waals surface area contributed by atoms with Crippen LogP contribution in [-0.2, 0) is 14.8 Å². The molecule has 1 aliphatic heterocycles. The van der Waals surface area contributed by atoms with Gasteiger partial charge in [-0.2, -0.15) is 0 Å². The Morgan fingerprint density at radius 1 is 1.00 bits per heavy atom. The van der Waals surface area contributed by atoms with Crippen LogP contribution in [0.15, 0.2) is 47.5 Å². The normalized spacial score (nSPS) is 14.7. The van der Waals surface area contributed by atoms with E-state index in [1.54, 1.807) is 18.2 Å². The minimum Gasteiger partial charge on any atom is -0.357 e. The number of nitrogens with zero attached hydrogens (tertiary/aromatic N) is 2. The number of hydrogen-bond donors (Lipinski definition) is 2. The van der Waals surface area contributed by atoms with Gasteiger partial charge in [-0.15, -0.1) is 0 Å². The van der Waals surface area contributed by atoms with Gasteiger partial charge in [0.2, 0.25) is 5.91 Å². The summed E-state index contributed by atoms with van der Waals surface area (Å²) in [6, 6.07) is 9.55. The zero-order valence-corrected chi connectivity index (χ0v) is 15.4. The van der Waals surface area contributed by atoms with Gasteiger partial charge in [-0.05, 0) is 55.7 Å². The molecule has 0 spiro atoms. The Kier molecular flexibility index (Phi) is 5.41. The molecule has 2 N–H and O–H groups in total. The van der Waals surface area contributed by atoms with Crippen molar-refractivity contribution in [1.29, 1.82) is 0 Å². The minimum atomic E-state index is -3.71. The lowest BCUT2D eigenvalue weighted by atomic mass is 10.1. The van der Waals surface area contributed by atoms with Crippen LogP contribution in [-0.4, -0.2) is 32.4 Å². The first-order valence-electron chi connectivity index (χ1n) is 8.55. The van der Waals surface area contributed by atoms with Crippen LogP contribution in [0.3, 0.4) is 0 Å². The van der Waals surface area contributed by atoms with E-state index in [0.717, 1.165) is 31.7 Å². The number of pyridine rings is 1. The minimum absolute atomic E-state index is 0.117. The third-order valence-corrected chi connectivity index (χ3v) is 5.56. The molecule has 1 saturated heterocycles. The smallest absolute Gasteiger partial charge is 0.261 e. The van der Waals surface area contributed by atoms with Crippen molar-refractivity contribution < 1.29 is 13.2 Å². The maximum Gasteiger partial charge on any atom is 0.261 e. The van der Waals surface area contributed by atoms with Crippen molar-refractivity contribution in [2.45, 2.75) is 31.1 Å². The molecule has 1 aliphatic rings. The van der Waals surface area contributed by atoms with Crippen LogP contribution in [0.5, 0.6) is 0 Å². The molecule has 1 aromatic heterocycles. The van der Waals surface area contributed by atoms with Crippen LogP contribution in [0, 0.1) is 0 Å². The van der Waals surface area contributed by atoms with E-state index >= 15 is 0 Å². The fourth-order valence-electron chi connectivity index (χ4n) is 2.89. The highest BCUT2D eigenvalue weighted by molar-refractivity contribution is 7.92. The average molecular weight is 374 g/mol. The summed E-state index contributed by atoms with van der Waals surface area (Å²) in [5.74, 6) is 0.658. The fraction of sp³-hybridized carbons (Fsp3) is 0.333. The van der Waals surface area contributed by atoms with Crippen molar-refractivity contribution in [3.63, 3.8) is 0 Å². The van der Waals surface area contributed by atoms with E-state index in [-0.39, 0.29) is 10.8 Å². The van der Waals surface area contributed by atoms with E-state index in [2.05, 4.69) is 19.9 Å². The van der Waals surface area contributed by atoms with E-state index in [9.17, 15) is 13.2 Å². The number of piperidine rings is 1. The molecular weight excluding hydrogens is 352 g/mol. The van der Waals surface area contributed by atoms with E-state index in [0.29, 0.717) is 11.4 Å². The van der Waals surface area contributed by atoms with Crippen LogP contribution in [0.2, 0.25) is 0 Å². The highest BCUT2D eigenvalue weighted by Gasteiger charge is 2.16. The largest absolute Gasteiger partial charge is 0.357 e. The van der Waals surface area contributed by atoms with E-state index in [4.69, 9.17) is 0 Å². The Bertz CT molecular complexity index is 858. The molecule has 0 saturated carbocycles. The molecule has 2 aromatic rings. The summed E-state index contributed by atoms with van der Waals surface area (Å²) in [5.41, 5.74) is 0.959. The lowest BCUT2D eigenvalue weighted by Gasteiger charge is -2.27. The molecule has 1 amide bonds. The number of anilines is 3. The number of carbonyl (C=O) groups is 1. The van der Waals surface area contributed by atoms with Gasteiger partial charge in [0.25, 0.3) is 10.0 Å². The molecule has 0 bridgehead atoms. The SMILES string of the molecule is CC(=O)Nc1ccc(S(=O)(=O)Nc2ccc(N3CCCCC3)nc2)cc1. The molecule has 8 heteroatoms. The van der Waals surface area contributed by atoms with Gasteiger partial charge >= 0.3 is 0 Å². The number of nitrogens with one attached hydrogen (secondary N) is 2. The molecule has 2 heterocycles. The standard InChI is InChI=1S/C18H22N4O3S/c1-14(23)20-15-5-8-17(9-6-15)26(24,25)21-16-7-10-18(19-13-16)22-11-3-2-4-12-22/h5-10,13,21H,2-4,11-12H2,1H3,(H,20,23). The Hall–Kier alpha value is -2.61. The first-order chi connectivity index (χ1) is 12.4. The van der Waals surface area contributed by atoms with Gasteiger partial charge in [0.1, 0.15) is 5.82 Å². The summed E-state index contributed by atoms with van der Waals surface area (Å²) >= 11 is 0. The topological polar surface area (TPSA) is 91.4 Å². The maximum atomic E-state index is 12.5. The first kappa shape index (κ1) is 18.2. The van der Waals surface area contributed by atoms with Gasteiger partial charge in [-0.3, -0.25) is 9.52 Å². The molecule has 138 valence electrons. The summed E-state index contributed by atoms with van der Waals surface area (Å²) in [6.07, 6.45) is 5.09. The van der Waals surface area contributed by atoms with E-state index in [1.807, 2.05) is 6.07 Å². The van der Waals surface area contributed by atoms with Crippen molar-refractivity contribution in [1.82, 2.24) is 4.98 Å². The molecule has 1 aromatic carbocycles. The Morgan fingerprint density at radius 2 is 1.65 bits per heavy atom. The van der Waals surface area contributed by atoms with Gasteiger partial charge in [-0.1, -0.05) is 0 Å². The zero-order valence-electron chi connectivity index (χ0n) is 14.6. The van der Waals surface area contributed by atoms with Crippen molar-refractivity contribution in [2.75, 3.05) is 28.0 Å². The van der Waals surface area contributed by atoms with Crippen LogP contribution in [0.25, 0.3) is 0 Å². The molecule has 0 aliphatic carbocycles. The fourth-order valence-corrected chi connectivity index (χ4v) is 3.93. The molecule has 7 nitrogen and oxygen atoms in total. The second kappa shape index (κ2) is 7.74. The number of hydrogen-bond acceptors (Lipinski definition) is 5. The third-order valence-electron chi connectivity index (χ3n) is 4.17. The second-order valence-corrected chi connectivity index (χ2v) is 7.95. The van der Waals surface area contributed by atoms with Gasteiger partial charge in [0.05, 0.1) is 16.8 Å². The average Bonchev–Trinajstić information content (AvgIpc) is 2.63. The Labute approximate surface area is 153 Å².